The third kappa shape index (κ3) is 7.12. The van der Waals surface area contributed by atoms with Crippen molar-refractivity contribution in [2.24, 2.45) is 10.4 Å². The van der Waals surface area contributed by atoms with Crippen LogP contribution in [0.25, 0.3) is 16.7 Å². The van der Waals surface area contributed by atoms with Gasteiger partial charge in [-0.05, 0) is 91.0 Å². The Balaban J connectivity index is 1.61. The molecule has 0 spiro atoms. The zero-order chi connectivity index (χ0) is 45.4. The normalized spacial score (nSPS) is 19.8. The Morgan fingerprint density at radius 2 is 0.922 bits per heavy atom. The quantitative estimate of drug-likeness (QED) is 0.158. The number of aromatic amines is 3. The number of aliphatic imine (C=N–C) groups is 1. The molecular weight excluding hydrogens is 777 g/mol. The van der Waals surface area contributed by atoms with E-state index in [9.17, 15) is 0 Å². The van der Waals surface area contributed by atoms with Gasteiger partial charge in [0.25, 0.3) is 0 Å². The molecule has 5 heterocycles. The van der Waals surface area contributed by atoms with E-state index in [2.05, 4.69) is 250 Å². The maximum absolute atomic E-state index is 5.69. The molecule has 4 aromatic carbocycles. The summed E-state index contributed by atoms with van der Waals surface area (Å²) in [6.45, 7) is 28.7. The van der Waals surface area contributed by atoms with Gasteiger partial charge in [0.05, 0.1) is 22.5 Å². The monoisotopic (exact) mass is 841 g/mol. The van der Waals surface area contributed by atoms with Gasteiger partial charge in [0, 0.05) is 44.5 Å². The van der Waals surface area contributed by atoms with Gasteiger partial charge in [-0.1, -0.05) is 204 Å². The maximum Gasteiger partial charge on any atom is 0.0806 e. The number of benzene rings is 4. The highest BCUT2D eigenvalue weighted by molar-refractivity contribution is 6.30. The SMILES string of the molecule is CC(C)(C)c1cc2[nH]c1C(c1ccccc1)(C(C)(C)C)c1[nH]c(c(C(C)(C)C)c1C(C)(C)C)/C(c1ccccc1)=C1/C=CC(=N1)/C(c1ccccc1)=c1/cc/c([nH]1)=C/2c1ccccc1. The van der Waals surface area contributed by atoms with Gasteiger partial charge in [-0.2, -0.15) is 0 Å². The molecule has 0 fully saturated rings. The van der Waals surface area contributed by atoms with Gasteiger partial charge in [0.15, 0.2) is 0 Å². The average molecular weight is 841 g/mol. The first-order valence-electron chi connectivity index (χ1n) is 23.0. The highest BCUT2D eigenvalue weighted by Crippen LogP contribution is 2.58. The lowest BCUT2D eigenvalue weighted by molar-refractivity contribution is 0.255. The minimum absolute atomic E-state index is 0.240. The Labute approximate surface area is 380 Å². The third-order valence-electron chi connectivity index (χ3n) is 13.3. The number of nitrogens with one attached hydrogen (secondary N) is 3. The summed E-state index contributed by atoms with van der Waals surface area (Å²) in [5, 5.41) is 2.04. The molecular formula is C60H64N4. The fourth-order valence-electron chi connectivity index (χ4n) is 10.7. The van der Waals surface area contributed by atoms with Crippen LogP contribution in [0.4, 0.5) is 0 Å². The zero-order valence-electron chi connectivity index (χ0n) is 39.9. The fourth-order valence-corrected chi connectivity index (χ4v) is 10.7. The number of hydrogen-bond donors (Lipinski definition) is 3. The Hall–Kier alpha value is -6.39. The molecule has 7 aromatic rings. The Bertz CT molecular complexity index is 3080. The van der Waals surface area contributed by atoms with Gasteiger partial charge >= 0.3 is 0 Å². The Morgan fingerprint density at radius 3 is 1.42 bits per heavy atom. The number of nitrogens with zero attached hydrogens (tertiary/aromatic N) is 1. The molecule has 2 aliphatic heterocycles. The van der Waals surface area contributed by atoms with Crippen molar-refractivity contribution in [2.75, 3.05) is 0 Å². The second kappa shape index (κ2) is 15.4. The van der Waals surface area contributed by atoms with Gasteiger partial charge in [-0.25, -0.2) is 4.99 Å². The van der Waals surface area contributed by atoms with Crippen molar-refractivity contribution in [1.29, 1.82) is 0 Å². The summed E-state index contributed by atoms with van der Waals surface area (Å²) in [4.78, 5) is 18.4. The lowest BCUT2D eigenvalue weighted by Crippen LogP contribution is -2.46. The molecule has 0 amide bonds. The van der Waals surface area contributed by atoms with Crippen LogP contribution in [0.1, 0.15) is 145 Å². The first-order valence-corrected chi connectivity index (χ1v) is 23.0. The van der Waals surface area contributed by atoms with E-state index >= 15 is 0 Å². The maximum atomic E-state index is 5.69. The van der Waals surface area contributed by atoms with Crippen LogP contribution in [-0.4, -0.2) is 20.7 Å². The summed E-state index contributed by atoms with van der Waals surface area (Å²) in [5.74, 6) is 0. The second-order valence-electron chi connectivity index (χ2n) is 21.9. The van der Waals surface area contributed by atoms with Crippen LogP contribution >= 0.6 is 0 Å². The molecule has 2 aliphatic rings. The molecule has 9 rings (SSSR count). The lowest BCUT2D eigenvalue weighted by Gasteiger charge is -2.48. The van der Waals surface area contributed by atoms with Gasteiger partial charge in [0.2, 0.25) is 0 Å². The van der Waals surface area contributed by atoms with E-state index in [1.54, 1.807) is 0 Å². The fraction of sp³-hybridized carbons (Fsp3) is 0.283. The summed E-state index contributed by atoms with van der Waals surface area (Å²) in [6, 6.07) is 50.7. The second-order valence-corrected chi connectivity index (χ2v) is 21.9. The number of aromatic nitrogens is 3. The van der Waals surface area contributed by atoms with Crippen LogP contribution < -0.4 is 10.7 Å². The van der Waals surface area contributed by atoms with Crippen molar-refractivity contribution in [3.63, 3.8) is 0 Å². The number of H-pyrrole nitrogens is 3. The van der Waals surface area contributed by atoms with Crippen molar-refractivity contribution < 1.29 is 0 Å². The molecule has 3 N–H and O–H groups in total. The smallest absolute Gasteiger partial charge is 0.0806 e. The summed E-state index contributed by atoms with van der Waals surface area (Å²) in [6.07, 6.45) is 4.44. The van der Waals surface area contributed by atoms with Crippen molar-refractivity contribution in [3.8, 4) is 0 Å². The molecule has 0 saturated carbocycles. The van der Waals surface area contributed by atoms with Crippen LogP contribution in [0.5, 0.6) is 0 Å². The molecule has 1 atom stereocenters. The van der Waals surface area contributed by atoms with Gasteiger partial charge < -0.3 is 15.0 Å². The average Bonchev–Trinajstić information content (AvgIpc) is 4.07. The van der Waals surface area contributed by atoms with E-state index in [0.29, 0.717) is 0 Å². The van der Waals surface area contributed by atoms with Gasteiger partial charge in [-0.3, -0.25) is 0 Å². The summed E-state index contributed by atoms with van der Waals surface area (Å²) >= 11 is 0. The van der Waals surface area contributed by atoms with Gasteiger partial charge in [0.1, 0.15) is 0 Å². The van der Waals surface area contributed by atoms with Crippen molar-refractivity contribution in [2.45, 2.75) is 105 Å². The first kappa shape index (κ1) is 42.9. The standard InChI is InChI=1S/C60H64N4/c1-56(2,3)42-37-47-49(39-27-19-14-20-28-39)45-34-33-43(61-45)48(38-25-17-13-18-26-38)44-35-36-46(62-44)50(40-29-21-15-22-30-40)53-51(57(4,5)6)52(58(7,8)9)55(64-53)60(54(42)63-47,59(10,11)12)41-31-23-16-24-32-41/h13-37,61,63-64H,1-12H3/b48-43-,49-45-,50-46-. The largest absolute Gasteiger partial charge is 0.357 e. The molecule has 324 valence electrons. The predicted molar refractivity (Wildman–Crippen MR) is 270 cm³/mol. The van der Waals surface area contributed by atoms with E-state index in [4.69, 9.17) is 4.99 Å². The molecule has 4 heteroatoms. The van der Waals surface area contributed by atoms with Crippen molar-refractivity contribution in [3.05, 3.63) is 230 Å². The van der Waals surface area contributed by atoms with Crippen LogP contribution in [0.2, 0.25) is 0 Å². The van der Waals surface area contributed by atoms with E-state index in [1.165, 1.54) is 33.6 Å². The molecule has 64 heavy (non-hydrogen) atoms. The van der Waals surface area contributed by atoms with Crippen LogP contribution in [0.3, 0.4) is 0 Å². The van der Waals surface area contributed by atoms with Crippen molar-refractivity contribution in [1.82, 2.24) is 15.0 Å². The number of hydrogen-bond acceptors (Lipinski definition) is 1. The highest BCUT2D eigenvalue weighted by atomic mass is 14.9. The summed E-state index contributed by atoms with van der Waals surface area (Å²) in [5.41, 5.74) is 16.4. The molecule has 0 aliphatic carbocycles. The molecule has 4 nitrogen and oxygen atoms in total. The van der Waals surface area contributed by atoms with E-state index < -0.39 is 5.41 Å². The molecule has 8 bridgehead atoms. The van der Waals surface area contributed by atoms with Crippen molar-refractivity contribution >= 4 is 22.4 Å². The van der Waals surface area contributed by atoms with E-state index in [0.717, 1.165) is 66.9 Å². The zero-order valence-corrected chi connectivity index (χ0v) is 39.9. The number of fused-ring (bicyclic) bond motifs is 7. The Morgan fingerprint density at radius 1 is 0.438 bits per heavy atom. The van der Waals surface area contributed by atoms with Crippen LogP contribution in [-0.2, 0) is 21.7 Å². The minimum atomic E-state index is -0.712. The predicted octanol–water partition coefficient (Wildman–Crippen LogP) is 13.2. The van der Waals surface area contributed by atoms with Gasteiger partial charge in [-0.15, -0.1) is 0 Å². The highest BCUT2D eigenvalue weighted by Gasteiger charge is 2.54. The molecule has 0 saturated heterocycles. The number of allylic oxidation sites excluding steroid dienone is 2. The molecule has 3 aromatic heterocycles. The lowest BCUT2D eigenvalue weighted by atomic mass is 9.55. The van der Waals surface area contributed by atoms with Crippen LogP contribution in [0.15, 0.2) is 162 Å². The minimum Gasteiger partial charge on any atom is -0.357 e. The first-order chi connectivity index (χ1) is 30.3. The summed E-state index contributed by atoms with van der Waals surface area (Å²) in [7, 11) is 0. The summed E-state index contributed by atoms with van der Waals surface area (Å²) < 4.78 is 0. The molecule has 1 unspecified atom stereocenters. The van der Waals surface area contributed by atoms with E-state index in [-0.39, 0.29) is 21.7 Å². The number of rotatable bonds is 4. The topological polar surface area (TPSA) is 59.7 Å². The Kier molecular flexibility index (Phi) is 10.3. The van der Waals surface area contributed by atoms with E-state index in [1.807, 2.05) is 0 Å². The van der Waals surface area contributed by atoms with Crippen LogP contribution in [0, 0.1) is 5.41 Å². The third-order valence-corrected chi connectivity index (χ3v) is 13.3. The molecule has 0 radical (unpaired) electrons.